The average Bonchev–Trinajstić information content (AvgIpc) is 3.06. The van der Waals surface area contributed by atoms with Crippen LogP contribution >= 0.6 is 11.3 Å². The standard InChI is InChI=1S/C13H16N2O4S/c16-10(9-3-1-8-20-9)14-6-2-7-15-11(17)13(4-5-13)12(18)19/h1,3,8H,2,4-7H2,(H,14,16)(H,15,17)(H,18,19). The molecule has 0 radical (unpaired) electrons. The lowest BCUT2D eigenvalue weighted by atomic mass is 10.1. The Morgan fingerprint density at radius 2 is 1.95 bits per heavy atom. The van der Waals surface area contributed by atoms with E-state index < -0.39 is 17.3 Å². The van der Waals surface area contributed by atoms with E-state index in [1.807, 2.05) is 5.38 Å². The first-order valence-corrected chi connectivity index (χ1v) is 7.28. The summed E-state index contributed by atoms with van der Waals surface area (Å²) < 4.78 is 0. The fraction of sp³-hybridized carbons (Fsp3) is 0.462. The zero-order valence-corrected chi connectivity index (χ0v) is 11.7. The van der Waals surface area contributed by atoms with Gasteiger partial charge in [0.2, 0.25) is 5.91 Å². The van der Waals surface area contributed by atoms with Crippen LogP contribution in [0.1, 0.15) is 28.9 Å². The van der Waals surface area contributed by atoms with Crippen molar-refractivity contribution >= 4 is 29.1 Å². The van der Waals surface area contributed by atoms with E-state index in [0.717, 1.165) is 0 Å². The molecule has 1 aromatic rings. The second kappa shape index (κ2) is 6.04. The minimum absolute atomic E-state index is 0.129. The highest BCUT2D eigenvalue weighted by Crippen LogP contribution is 2.45. The molecule has 2 rings (SSSR count). The molecular formula is C13H16N2O4S. The minimum Gasteiger partial charge on any atom is -0.480 e. The number of nitrogens with one attached hydrogen (secondary N) is 2. The molecule has 0 bridgehead atoms. The van der Waals surface area contributed by atoms with Crippen molar-refractivity contribution in [2.24, 2.45) is 5.41 Å². The average molecular weight is 296 g/mol. The maximum Gasteiger partial charge on any atom is 0.319 e. The van der Waals surface area contributed by atoms with Gasteiger partial charge in [-0.05, 0) is 30.7 Å². The fourth-order valence-corrected chi connectivity index (χ4v) is 2.46. The number of carboxylic acid groups (broad SMARTS) is 1. The Morgan fingerprint density at radius 3 is 2.50 bits per heavy atom. The summed E-state index contributed by atoms with van der Waals surface area (Å²) in [5.41, 5.74) is -1.19. The molecule has 0 aromatic carbocycles. The summed E-state index contributed by atoms with van der Waals surface area (Å²) >= 11 is 1.37. The van der Waals surface area contributed by atoms with E-state index in [-0.39, 0.29) is 5.91 Å². The Bertz CT molecular complexity index is 508. The summed E-state index contributed by atoms with van der Waals surface area (Å²) in [5.74, 6) is -1.61. The molecule has 0 spiro atoms. The summed E-state index contributed by atoms with van der Waals surface area (Å²) in [5, 5.41) is 16.1. The highest BCUT2D eigenvalue weighted by Gasteiger charge is 2.56. The van der Waals surface area contributed by atoms with Gasteiger partial charge in [-0.2, -0.15) is 0 Å². The van der Waals surface area contributed by atoms with E-state index in [1.54, 1.807) is 12.1 Å². The number of aliphatic carboxylic acids is 1. The maximum atomic E-state index is 11.7. The molecular weight excluding hydrogens is 280 g/mol. The van der Waals surface area contributed by atoms with Crippen molar-refractivity contribution in [3.63, 3.8) is 0 Å². The summed E-state index contributed by atoms with van der Waals surface area (Å²) in [7, 11) is 0. The van der Waals surface area contributed by atoms with E-state index in [0.29, 0.717) is 37.2 Å². The number of thiophene rings is 1. The zero-order valence-electron chi connectivity index (χ0n) is 10.8. The summed E-state index contributed by atoms with van der Waals surface area (Å²) in [6, 6.07) is 3.55. The smallest absolute Gasteiger partial charge is 0.319 e. The maximum absolute atomic E-state index is 11.7. The molecule has 1 fully saturated rings. The number of carbonyl (C=O) groups is 3. The lowest BCUT2D eigenvalue weighted by Crippen LogP contribution is -2.38. The Morgan fingerprint density at radius 1 is 1.25 bits per heavy atom. The molecule has 1 saturated carbocycles. The topological polar surface area (TPSA) is 95.5 Å². The van der Waals surface area contributed by atoms with Gasteiger partial charge in [0.25, 0.3) is 5.91 Å². The molecule has 1 aliphatic rings. The number of hydrogen-bond donors (Lipinski definition) is 3. The minimum atomic E-state index is -1.19. The van der Waals surface area contributed by atoms with Crippen molar-refractivity contribution in [3.8, 4) is 0 Å². The molecule has 1 aromatic heterocycles. The van der Waals surface area contributed by atoms with Gasteiger partial charge in [-0.1, -0.05) is 6.07 Å². The second-order valence-electron chi connectivity index (χ2n) is 4.73. The predicted molar refractivity (Wildman–Crippen MR) is 73.6 cm³/mol. The van der Waals surface area contributed by atoms with Crippen LogP contribution in [0.25, 0.3) is 0 Å². The van der Waals surface area contributed by atoms with Crippen LogP contribution in [0.3, 0.4) is 0 Å². The monoisotopic (exact) mass is 296 g/mol. The lowest BCUT2D eigenvalue weighted by Gasteiger charge is -2.10. The van der Waals surface area contributed by atoms with Crippen molar-refractivity contribution in [3.05, 3.63) is 22.4 Å². The molecule has 0 unspecified atom stereocenters. The number of amides is 2. The molecule has 0 saturated heterocycles. The van der Waals surface area contributed by atoms with E-state index in [1.165, 1.54) is 11.3 Å². The van der Waals surface area contributed by atoms with Gasteiger partial charge in [0.1, 0.15) is 5.41 Å². The van der Waals surface area contributed by atoms with Gasteiger partial charge in [-0.3, -0.25) is 14.4 Å². The van der Waals surface area contributed by atoms with E-state index in [2.05, 4.69) is 10.6 Å². The third-order valence-electron chi connectivity index (χ3n) is 3.26. The largest absolute Gasteiger partial charge is 0.480 e. The molecule has 0 atom stereocenters. The van der Waals surface area contributed by atoms with Crippen LogP contribution in [0.4, 0.5) is 0 Å². The van der Waals surface area contributed by atoms with Crippen molar-refractivity contribution in [1.82, 2.24) is 10.6 Å². The van der Waals surface area contributed by atoms with Crippen LogP contribution in [0.5, 0.6) is 0 Å². The molecule has 2 amide bonds. The van der Waals surface area contributed by atoms with Crippen molar-refractivity contribution in [2.75, 3.05) is 13.1 Å². The summed E-state index contributed by atoms with van der Waals surface area (Å²) in [6.45, 7) is 0.801. The quantitative estimate of drug-likeness (QED) is 0.513. The third kappa shape index (κ3) is 3.16. The zero-order chi connectivity index (χ0) is 14.6. The molecule has 0 aliphatic heterocycles. The van der Waals surface area contributed by atoms with E-state index in [9.17, 15) is 14.4 Å². The second-order valence-corrected chi connectivity index (χ2v) is 5.68. The first kappa shape index (κ1) is 14.5. The van der Waals surface area contributed by atoms with Gasteiger partial charge >= 0.3 is 5.97 Å². The number of carbonyl (C=O) groups excluding carboxylic acids is 2. The van der Waals surface area contributed by atoms with Crippen LogP contribution in [-0.2, 0) is 9.59 Å². The van der Waals surface area contributed by atoms with Crippen molar-refractivity contribution in [2.45, 2.75) is 19.3 Å². The van der Waals surface area contributed by atoms with Gasteiger partial charge in [-0.15, -0.1) is 11.3 Å². The molecule has 7 heteroatoms. The molecule has 6 nitrogen and oxygen atoms in total. The van der Waals surface area contributed by atoms with Crippen LogP contribution in [0.2, 0.25) is 0 Å². The van der Waals surface area contributed by atoms with Gasteiger partial charge < -0.3 is 15.7 Å². The van der Waals surface area contributed by atoms with E-state index >= 15 is 0 Å². The Labute approximate surface area is 120 Å². The summed E-state index contributed by atoms with van der Waals surface area (Å²) in [4.78, 5) is 34.8. The predicted octanol–water partition coefficient (Wildman–Crippen LogP) is 0.849. The number of rotatable bonds is 7. The van der Waals surface area contributed by atoms with Crippen molar-refractivity contribution < 1.29 is 19.5 Å². The van der Waals surface area contributed by atoms with Gasteiger partial charge in [0.05, 0.1) is 4.88 Å². The SMILES string of the molecule is O=C(NCCCNC(=O)C1(C(=O)O)CC1)c1cccs1. The Kier molecular flexibility index (Phi) is 4.39. The number of hydrogen-bond acceptors (Lipinski definition) is 4. The molecule has 3 N–H and O–H groups in total. The van der Waals surface area contributed by atoms with Crippen molar-refractivity contribution in [1.29, 1.82) is 0 Å². The Hall–Kier alpha value is -1.89. The highest BCUT2D eigenvalue weighted by molar-refractivity contribution is 7.12. The molecule has 20 heavy (non-hydrogen) atoms. The third-order valence-corrected chi connectivity index (χ3v) is 4.13. The normalized spacial score (nSPS) is 15.4. The van der Waals surface area contributed by atoms with Crippen LogP contribution < -0.4 is 10.6 Å². The van der Waals surface area contributed by atoms with Gasteiger partial charge in [0, 0.05) is 13.1 Å². The Balaban J connectivity index is 1.62. The first-order valence-electron chi connectivity index (χ1n) is 6.40. The molecule has 108 valence electrons. The fourth-order valence-electron chi connectivity index (χ4n) is 1.82. The first-order chi connectivity index (χ1) is 9.56. The van der Waals surface area contributed by atoms with Gasteiger partial charge in [-0.25, -0.2) is 0 Å². The summed E-state index contributed by atoms with van der Waals surface area (Å²) in [6.07, 6.45) is 1.38. The molecule has 1 aliphatic carbocycles. The van der Waals surface area contributed by atoms with Crippen LogP contribution in [0, 0.1) is 5.41 Å². The molecule has 1 heterocycles. The number of carboxylic acids is 1. The lowest BCUT2D eigenvalue weighted by molar-refractivity contribution is -0.149. The van der Waals surface area contributed by atoms with Crippen LogP contribution in [0.15, 0.2) is 17.5 Å². The van der Waals surface area contributed by atoms with Gasteiger partial charge in [0.15, 0.2) is 0 Å². The highest BCUT2D eigenvalue weighted by atomic mass is 32.1. The van der Waals surface area contributed by atoms with Crippen LogP contribution in [-0.4, -0.2) is 36.0 Å². The van der Waals surface area contributed by atoms with E-state index in [4.69, 9.17) is 5.11 Å².